The van der Waals surface area contributed by atoms with Crippen LogP contribution in [0, 0.1) is 0 Å². The van der Waals surface area contributed by atoms with Crippen molar-refractivity contribution in [2.24, 2.45) is 5.73 Å². The molecule has 2 fully saturated rings. The molecule has 0 unspecified atom stereocenters. The minimum absolute atomic E-state index is 0. The van der Waals surface area contributed by atoms with Crippen LogP contribution >= 0.6 is 12.4 Å². The summed E-state index contributed by atoms with van der Waals surface area (Å²) in [6.45, 7) is 0.709. The maximum absolute atomic E-state index is 12.7. The zero-order chi connectivity index (χ0) is 17.3. The van der Waals surface area contributed by atoms with E-state index in [2.05, 4.69) is 0 Å². The number of alkyl halides is 3. The second kappa shape index (κ2) is 7.93. The van der Waals surface area contributed by atoms with Gasteiger partial charge in [0.25, 0.3) is 5.91 Å². The minimum Gasteiger partial charge on any atom is -0.364 e. The molecule has 0 bridgehead atoms. The summed E-state index contributed by atoms with van der Waals surface area (Å²) >= 11 is 0. The first-order chi connectivity index (χ1) is 11.4. The van der Waals surface area contributed by atoms with Gasteiger partial charge in [-0.05, 0) is 43.4 Å². The largest absolute Gasteiger partial charge is 0.416 e. The van der Waals surface area contributed by atoms with Gasteiger partial charge in [0.2, 0.25) is 0 Å². The molecule has 1 aliphatic carbocycles. The number of carbonyl (C=O) groups excluding carboxylic acids is 1. The Hall–Kier alpha value is -1.31. The van der Waals surface area contributed by atoms with Crippen molar-refractivity contribution >= 4 is 18.3 Å². The maximum atomic E-state index is 12.7. The summed E-state index contributed by atoms with van der Waals surface area (Å²) in [5.74, 6) is -0.0756. The Kier molecular flexibility index (Phi) is 6.35. The van der Waals surface area contributed by atoms with E-state index in [0.717, 1.165) is 31.4 Å². The van der Waals surface area contributed by atoms with E-state index in [1.807, 2.05) is 0 Å². The average molecular weight is 379 g/mol. The fraction of sp³-hybridized carbons (Fsp3) is 0.588. The third kappa shape index (κ3) is 4.86. The first-order valence-electron chi connectivity index (χ1n) is 8.20. The van der Waals surface area contributed by atoms with Gasteiger partial charge in [-0.1, -0.05) is 12.1 Å². The lowest BCUT2D eigenvalue weighted by molar-refractivity contribution is -0.144. The summed E-state index contributed by atoms with van der Waals surface area (Å²) in [7, 11) is 0. The van der Waals surface area contributed by atoms with Crippen LogP contribution in [0.15, 0.2) is 24.3 Å². The van der Waals surface area contributed by atoms with Gasteiger partial charge < -0.3 is 15.4 Å². The van der Waals surface area contributed by atoms with Gasteiger partial charge in [0.1, 0.15) is 6.10 Å². The molecule has 3 rings (SSSR count). The predicted octanol–water partition coefficient (Wildman–Crippen LogP) is 3.12. The zero-order valence-corrected chi connectivity index (χ0v) is 14.5. The fourth-order valence-corrected chi connectivity index (χ4v) is 3.01. The van der Waals surface area contributed by atoms with E-state index in [1.54, 1.807) is 4.90 Å². The van der Waals surface area contributed by atoms with Crippen LogP contribution in [0.3, 0.4) is 0 Å². The Morgan fingerprint density at radius 3 is 2.28 bits per heavy atom. The molecule has 0 aromatic heterocycles. The van der Waals surface area contributed by atoms with Gasteiger partial charge in [0.05, 0.1) is 11.7 Å². The van der Waals surface area contributed by atoms with E-state index >= 15 is 0 Å². The topological polar surface area (TPSA) is 55.6 Å². The molecule has 2 aliphatic rings. The SMILES string of the molecule is Cl.NC[C@H]1CC[C@@H](C(=O)N(Cc2ccc(C(F)(F)F)cc2)C2CC2)O1. The van der Waals surface area contributed by atoms with E-state index in [-0.39, 0.29) is 30.5 Å². The summed E-state index contributed by atoms with van der Waals surface area (Å²) in [6.07, 6.45) is -1.62. The van der Waals surface area contributed by atoms with Gasteiger partial charge in [-0.2, -0.15) is 13.2 Å². The zero-order valence-electron chi connectivity index (χ0n) is 13.7. The van der Waals surface area contributed by atoms with Crippen molar-refractivity contribution in [1.29, 1.82) is 0 Å². The molecule has 1 aromatic rings. The highest BCUT2D eigenvalue weighted by Crippen LogP contribution is 2.33. The molecule has 4 nitrogen and oxygen atoms in total. The molecule has 0 radical (unpaired) electrons. The molecule has 1 saturated heterocycles. The smallest absolute Gasteiger partial charge is 0.364 e. The number of benzene rings is 1. The van der Waals surface area contributed by atoms with Crippen LogP contribution in [0.2, 0.25) is 0 Å². The highest BCUT2D eigenvalue weighted by atomic mass is 35.5. The first-order valence-corrected chi connectivity index (χ1v) is 8.20. The number of hydrogen-bond donors (Lipinski definition) is 1. The van der Waals surface area contributed by atoms with Gasteiger partial charge in [-0.25, -0.2) is 0 Å². The minimum atomic E-state index is -4.35. The Balaban J connectivity index is 0.00000225. The van der Waals surface area contributed by atoms with Crippen LogP contribution in [0.4, 0.5) is 13.2 Å². The van der Waals surface area contributed by atoms with E-state index in [4.69, 9.17) is 10.5 Å². The van der Waals surface area contributed by atoms with Gasteiger partial charge >= 0.3 is 6.18 Å². The van der Waals surface area contributed by atoms with Gasteiger partial charge in [0.15, 0.2) is 0 Å². The van der Waals surface area contributed by atoms with E-state index in [0.29, 0.717) is 25.1 Å². The van der Waals surface area contributed by atoms with Gasteiger partial charge in [-0.15, -0.1) is 12.4 Å². The number of halogens is 4. The Bertz CT molecular complexity index is 591. The summed E-state index contributed by atoms with van der Waals surface area (Å²) in [4.78, 5) is 14.4. The highest BCUT2D eigenvalue weighted by molar-refractivity contribution is 5.85. The summed E-state index contributed by atoms with van der Waals surface area (Å²) in [5, 5.41) is 0. The molecule has 1 heterocycles. The van der Waals surface area contributed by atoms with Crippen molar-refractivity contribution in [1.82, 2.24) is 4.90 Å². The maximum Gasteiger partial charge on any atom is 0.416 e. The third-order valence-corrected chi connectivity index (χ3v) is 4.55. The molecule has 2 atom stereocenters. The monoisotopic (exact) mass is 378 g/mol. The molecule has 1 aromatic carbocycles. The summed E-state index contributed by atoms with van der Waals surface area (Å²) < 4.78 is 43.6. The number of rotatable bonds is 5. The summed E-state index contributed by atoms with van der Waals surface area (Å²) in [5.41, 5.74) is 5.59. The molecule has 1 aliphatic heterocycles. The molecule has 1 amide bonds. The van der Waals surface area contributed by atoms with E-state index in [1.165, 1.54) is 12.1 Å². The molecular formula is C17H22ClF3N2O2. The first kappa shape index (κ1) is 20.0. The highest BCUT2D eigenvalue weighted by Gasteiger charge is 2.39. The molecule has 140 valence electrons. The lowest BCUT2D eigenvalue weighted by atomic mass is 10.1. The fourth-order valence-electron chi connectivity index (χ4n) is 3.01. The van der Waals surface area contributed by atoms with Gasteiger partial charge in [0, 0.05) is 19.1 Å². The number of carbonyl (C=O) groups is 1. The molecule has 25 heavy (non-hydrogen) atoms. The van der Waals surface area contributed by atoms with Crippen molar-refractivity contribution in [3.63, 3.8) is 0 Å². The van der Waals surface area contributed by atoms with Crippen molar-refractivity contribution in [2.75, 3.05) is 6.54 Å². The third-order valence-electron chi connectivity index (χ3n) is 4.55. The quantitative estimate of drug-likeness (QED) is 0.856. The lowest BCUT2D eigenvalue weighted by Gasteiger charge is -2.26. The normalized spacial score (nSPS) is 23.2. The van der Waals surface area contributed by atoms with Crippen LogP contribution < -0.4 is 5.73 Å². The van der Waals surface area contributed by atoms with Crippen molar-refractivity contribution < 1.29 is 22.7 Å². The Morgan fingerprint density at radius 2 is 1.80 bits per heavy atom. The second-order valence-electron chi connectivity index (χ2n) is 6.45. The standard InChI is InChI=1S/C17H21F3N2O2.ClH/c18-17(19,20)12-3-1-11(2-4-12)10-22(13-5-6-13)16(23)15-8-7-14(9-21)24-15;/h1-4,13-15H,5-10,21H2;1H/t14-,15+;/m1./s1. The Labute approximate surface area is 150 Å². The summed E-state index contributed by atoms with van der Waals surface area (Å²) in [6, 6.07) is 5.15. The van der Waals surface area contributed by atoms with Crippen LogP contribution in [-0.2, 0) is 22.3 Å². The van der Waals surface area contributed by atoms with Crippen LogP contribution in [0.25, 0.3) is 0 Å². The number of hydrogen-bond acceptors (Lipinski definition) is 3. The number of nitrogens with zero attached hydrogens (tertiary/aromatic N) is 1. The predicted molar refractivity (Wildman–Crippen MR) is 89.2 cm³/mol. The number of nitrogens with two attached hydrogens (primary N) is 1. The van der Waals surface area contributed by atoms with Crippen molar-refractivity contribution in [3.8, 4) is 0 Å². The van der Waals surface area contributed by atoms with Gasteiger partial charge in [-0.3, -0.25) is 4.79 Å². The molecule has 8 heteroatoms. The van der Waals surface area contributed by atoms with Crippen molar-refractivity contribution in [2.45, 2.75) is 56.7 Å². The van der Waals surface area contributed by atoms with Crippen LogP contribution in [-0.4, -0.2) is 35.6 Å². The number of ether oxygens (including phenoxy) is 1. The van der Waals surface area contributed by atoms with Crippen molar-refractivity contribution in [3.05, 3.63) is 35.4 Å². The van der Waals surface area contributed by atoms with E-state index in [9.17, 15) is 18.0 Å². The average Bonchev–Trinajstić information content (AvgIpc) is 3.28. The molecule has 1 saturated carbocycles. The molecule has 0 spiro atoms. The lowest BCUT2D eigenvalue weighted by Crippen LogP contribution is -2.40. The number of amides is 1. The van der Waals surface area contributed by atoms with Crippen LogP contribution in [0.5, 0.6) is 0 Å². The molecular weight excluding hydrogens is 357 g/mol. The van der Waals surface area contributed by atoms with Crippen LogP contribution in [0.1, 0.15) is 36.8 Å². The Morgan fingerprint density at radius 1 is 1.16 bits per heavy atom. The second-order valence-corrected chi connectivity index (χ2v) is 6.45. The molecule has 2 N–H and O–H groups in total. The van der Waals surface area contributed by atoms with E-state index < -0.39 is 17.8 Å².